The Hall–Kier alpha value is -2.53. The zero-order chi connectivity index (χ0) is 16.8. The lowest BCUT2D eigenvalue weighted by Gasteiger charge is -2.10. The van der Waals surface area contributed by atoms with E-state index < -0.39 is 0 Å². The van der Waals surface area contributed by atoms with Crippen molar-refractivity contribution in [3.63, 3.8) is 0 Å². The van der Waals surface area contributed by atoms with Gasteiger partial charge in [0.2, 0.25) is 5.91 Å². The number of hydrogen-bond donors (Lipinski definition) is 1. The van der Waals surface area contributed by atoms with Gasteiger partial charge in [0.1, 0.15) is 0 Å². The highest BCUT2D eigenvalue weighted by atomic mass is 32.1. The van der Waals surface area contributed by atoms with Crippen LogP contribution < -0.4 is 5.32 Å². The monoisotopic (exact) mass is 337 g/mol. The number of rotatable bonds is 6. The SMILES string of the molecule is Cc1ccsc1CCC(=O)NCc1cccnc1-c1ccncc1. The fourth-order valence-corrected chi connectivity index (χ4v) is 3.43. The molecule has 0 spiro atoms. The number of hydrogen-bond acceptors (Lipinski definition) is 4. The predicted octanol–water partition coefficient (Wildman–Crippen LogP) is 3.76. The Balaban J connectivity index is 1.61. The molecular weight excluding hydrogens is 318 g/mol. The number of nitrogens with zero attached hydrogens (tertiary/aromatic N) is 2. The fraction of sp³-hybridized carbons (Fsp3) is 0.211. The van der Waals surface area contributed by atoms with Crippen LogP contribution in [0.15, 0.2) is 54.3 Å². The summed E-state index contributed by atoms with van der Waals surface area (Å²) in [6, 6.07) is 9.82. The highest BCUT2D eigenvalue weighted by Crippen LogP contribution is 2.20. The van der Waals surface area contributed by atoms with Crippen LogP contribution in [0.1, 0.15) is 22.4 Å². The van der Waals surface area contributed by atoms with Gasteiger partial charge in [0.15, 0.2) is 0 Å². The average Bonchev–Trinajstić information content (AvgIpc) is 3.04. The van der Waals surface area contributed by atoms with E-state index in [1.807, 2.05) is 24.3 Å². The largest absolute Gasteiger partial charge is 0.352 e. The van der Waals surface area contributed by atoms with Gasteiger partial charge in [-0.25, -0.2) is 0 Å². The molecule has 1 amide bonds. The Bertz CT molecular complexity index is 814. The number of aryl methyl sites for hydroxylation is 2. The Morgan fingerprint density at radius 2 is 2.00 bits per heavy atom. The van der Waals surface area contributed by atoms with E-state index >= 15 is 0 Å². The van der Waals surface area contributed by atoms with Crippen molar-refractivity contribution in [2.24, 2.45) is 0 Å². The second-order valence-corrected chi connectivity index (χ2v) is 6.55. The Morgan fingerprint density at radius 1 is 1.17 bits per heavy atom. The van der Waals surface area contributed by atoms with E-state index in [0.29, 0.717) is 13.0 Å². The van der Waals surface area contributed by atoms with Crippen molar-refractivity contribution >= 4 is 17.2 Å². The first-order valence-corrected chi connectivity index (χ1v) is 8.76. The lowest BCUT2D eigenvalue weighted by molar-refractivity contribution is -0.121. The summed E-state index contributed by atoms with van der Waals surface area (Å²) in [5.74, 6) is 0.0623. The number of carbonyl (C=O) groups excluding carboxylic acids is 1. The topological polar surface area (TPSA) is 54.9 Å². The second kappa shape index (κ2) is 7.84. The molecule has 0 aliphatic carbocycles. The minimum Gasteiger partial charge on any atom is -0.352 e. The highest BCUT2D eigenvalue weighted by molar-refractivity contribution is 7.10. The first-order chi connectivity index (χ1) is 11.7. The molecule has 4 nitrogen and oxygen atoms in total. The van der Waals surface area contributed by atoms with E-state index in [2.05, 4.69) is 33.7 Å². The summed E-state index contributed by atoms with van der Waals surface area (Å²) in [6.45, 7) is 2.56. The number of amides is 1. The van der Waals surface area contributed by atoms with Crippen molar-refractivity contribution in [2.75, 3.05) is 0 Å². The Morgan fingerprint density at radius 3 is 2.75 bits per heavy atom. The van der Waals surface area contributed by atoms with E-state index in [1.54, 1.807) is 29.9 Å². The zero-order valence-corrected chi connectivity index (χ0v) is 14.3. The molecular formula is C19H19N3OS. The number of nitrogens with one attached hydrogen (secondary N) is 1. The van der Waals surface area contributed by atoms with Gasteiger partial charge in [0.25, 0.3) is 0 Å². The van der Waals surface area contributed by atoms with Gasteiger partial charge in [-0.2, -0.15) is 0 Å². The van der Waals surface area contributed by atoms with Gasteiger partial charge in [-0.15, -0.1) is 11.3 Å². The summed E-state index contributed by atoms with van der Waals surface area (Å²) >= 11 is 1.71. The summed E-state index contributed by atoms with van der Waals surface area (Å²) in [5.41, 5.74) is 4.16. The molecule has 0 saturated carbocycles. The average molecular weight is 337 g/mol. The molecule has 5 heteroatoms. The third kappa shape index (κ3) is 4.06. The molecule has 0 unspecified atom stereocenters. The summed E-state index contributed by atoms with van der Waals surface area (Å²) in [5, 5.41) is 5.07. The van der Waals surface area contributed by atoms with Crippen molar-refractivity contribution in [1.82, 2.24) is 15.3 Å². The van der Waals surface area contributed by atoms with Crippen LogP contribution in [0.3, 0.4) is 0 Å². The smallest absolute Gasteiger partial charge is 0.220 e. The molecule has 0 aliphatic heterocycles. The first kappa shape index (κ1) is 16.3. The maximum atomic E-state index is 12.1. The van der Waals surface area contributed by atoms with Gasteiger partial charge < -0.3 is 5.32 Å². The molecule has 3 rings (SSSR count). The van der Waals surface area contributed by atoms with E-state index in [1.165, 1.54) is 10.4 Å². The molecule has 122 valence electrons. The van der Waals surface area contributed by atoms with E-state index in [9.17, 15) is 4.79 Å². The predicted molar refractivity (Wildman–Crippen MR) is 96.7 cm³/mol. The van der Waals surface area contributed by atoms with E-state index in [-0.39, 0.29) is 5.91 Å². The van der Waals surface area contributed by atoms with Crippen molar-refractivity contribution in [1.29, 1.82) is 0 Å². The molecule has 0 aromatic carbocycles. The van der Waals surface area contributed by atoms with Gasteiger partial charge >= 0.3 is 0 Å². The van der Waals surface area contributed by atoms with Gasteiger partial charge in [0.05, 0.1) is 5.69 Å². The molecule has 1 N–H and O–H groups in total. The number of aromatic nitrogens is 2. The molecule has 0 bridgehead atoms. The molecule has 3 aromatic heterocycles. The van der Waals surface area contributed by atoms with Crippen LogP contribution in [0.2, 0.25) is 0 Å². The first-order valence-electron chi connectivity index (χ1n) is 7.88. The second-order valence-electron chi connectivity index (χ2n) is 5.55. The van der Waals surface area contributed by atoms with Crippen molar-refractivity contribution in [3.05, 3.63) is 70.3 Å². The molecule has 3 aromatic rings. The van der Waals surface area contributed by atoms with Crippen LogP contribution in [-0.4, -0.2) is 15.9 Å². The quantitative estimate of drug-likeness (QED) is 0.745. The minimum atomic E-state index is 0.0623. The maximum absolute atomic E-state index is 12.1. The third-order valence-electron chi connectivity index (χ3n) is 3.87. The van der Waals surface area contributed by atoms with Crippen LogP contribution in [0.5, 0.6) is 0 Å². The lowest BCUT2D eigenvalue weighted by atomic mass is 10.1. The fourth-order valence-electron chi connectivity index (χ4n) is 2.52. The van der Waals surface area contributed by atoms with Crippen LogP contribution in [0, 0.1) is 6.92 Å². The van der Waals surface area contributed by atoms with E-state index in [4.69, 9.17) is 0 Å². The van der Waals surface area contributed by atoms with Crippen molar-refractivity contribution in [3.8, 4) is 11.3 Å². The minimum absolute atomic E-state index is 0.0623. The Kier molecular flexibility index (Phi) is 5.33. The summed E-state index contributed by atoms with van der Waals surface area (Å²) < 4.78 is 0. The molecule has 0 saturated heterocycles. The van der Waals surface area contributed by atoms with Gasteiger partial charge in [-0.3, -0.25) is 14.8 Å². The molecule has 0 aliphatic rings. The standard InChI is InChI=1S/C19H19N3OS/c1-14-8-12-24-17(14)4-5-18(23)22-13-16-3-2-9-21-19(16)15-6-10-20-11-7-15/h2-3,6-12H,4-5,13H2,1H3,(H,22,23). The number of pyridine rings is 2. The lowest BCUT2D eigenvalue weighted by Crippen LogP contribution is -2.23. The molecule has 24 heavy (non-hydrogen) atoms. The summed E-state index contributed by atoms with van der Waals surface area (Å²) in [4.78, 5) is 21.9. The van der Waals surface area contributed by atoms with Crippen molar-refractivity contribution < 1.29 is 4.79 Å². The van der Waals surface area contributed by atoms with Crippen LogP contribution in [0.25, 0.3) is 11.3 Å². The molecule has 0 radical (unpaired) electrons. The normalized spacial score (nSPS) is 10.5. The third-order valence-corrected chi connectivity index (χ3v) is 4.95. The summed E-state index contributed by atoms with van der Waals surface area (Å²) in [7, 11) is 0. The van der Waals surface area contributed by atoms with E-state index in [0.717, 1.165) is 23.2 Å². The molecule has 0 fully saturated rings. The summed E-state index contributed by atoms with van der Waals surface area (Å²) in [6.07, 6.45) is 6.55. The van der Waals surface area contributed by atoms with Crippen LogP contribution in [0.4, 0.5) is 0 Å². The van der Waals surface area contributed by atoms with Gasteiger partial charge in [0, 0.05) is 42.0 Å². The number of thiophene rings is 1. The van der Waals surface area contributed by atoms with Crippen LogP contribution >= 0.6 is 11.3 Å². The number of carbonyl (C=O) groups is 1. The highest BCUT2D eigenvalue weighted by Gasteiger charge is 2.09. The van der Waals surface area contributed by atoms with Crippen molar-refractivity contribution in [2.45, 2.75) is 26.3 Å². The Labute approximate surface area is 145 Å². The van der Waals surface area contributed by atoms with Gasteiger partial charge in [-0.05, 0) is 54.1 Å². The maximum Gasteiger partial charge on any atom is 0.220 e. The van der Waals surface area contributed by atoms with Gasteiger partial charge in [-0.1, -0.05) is 6.07 Å². The molecule has 3 heterocycles. The molecule has 0 atom stereocenters. The van der Waals surface area contributed by atoms with Crippen LogP contribution in [-0.2, 0) is 17.8 Å². The zero-order valence-electron chi connectivity index (χ0n) is 13.5.